The van der Waals surface area contributed by atoms with Crippen LogP contribution in [0.4, 0.5) is 0 Å². The molecule has 75 heavy (non-hydrogen) atoms. The molecule has 2 aliphatic carbocycles. The maximum atomic E-state index is 13.7. The molecule has 2 saturated heterocycles. The minimum atomic E-state index is -1.06. The molecule has 18 nitrogen and oxygen atoms in total. The number of ether oxygens (including phenoxy) is 3. The number of phenols is 1. The molecular weight excluding hydrogens is 1050 g/mol. The SMILES string of the molecule is Cc1c(C(=O)NC2CCN(C(=O)COCC(=O)NCCCCCCNC(=O)COCC(=O)N[C@H]3CC[C@@]4(O)[C@H]5Cc6ccc(O)c7c6[C@@]4(CCN5C)[C@H]3O7)CC2)nn(-c2ccc(Cl)cc2Cl)c1-c1ccc(Cl)cc1.Cl. The molecule has 1 saturated carbocycles. The first kappa shape index (κ1) is 56.0. The van der Waals surface area contributed by atoms with Crippen molar-refractivity contribution in [2.24, 2.45) is 0 Å². The molecule has 5 aliphatic rings. The topological polar surface area (TPSA) is 226 Å². The number of piperidine rings is 2. The number of amides is 5. The Morgan fingerprint density at radius 2 is 1.45 bits per heavy atom. The van der Waals surface area contributed by atoms with Crippen LogP contribution in [0, 0.1) is 6.92 Å². The fraction of sp³-hybridized carbons (Fsp3) is 0.509. The zero-order valence-electron chi connectivity index (χ0n) is 41.9. The van der Waals surface area contributed by atoms with Crippen LogP contribution in [0.1, 0.15) is 85.0 Å². The van der Waals surface area contributed by atoms with E-state index in [9.17, 15) is 34.2 Å². The van der Waals surface area contributed by atoms with Crippen LogP contribution >= 0.6 is 47.2 Å². The van der Waals surface area contributed by atoms with Gasteiger partial charge in [-0.2, -0.15) is 5.10 Å². The highest BCUT2D eigenvalue weighted by Gasteiger charge is 2.72. The first-order valence-corrected chi connectivity index (χ1v) is 26.5. The van der Waals surface area contributed by atoms with Crippen molar-refractivity contribution >= 4 is 76.7 Å². The van der Waals surface area contributed by atoms with Gasteiger partial charge in [-0.3, -0.25) is 24.0 Å². The van der Waals surface area contributed by atoms with Crippen LogP contribution in [0.15, 0.2) is 54.6 Å². The standard InChI is InChI=1S/C53H63Cl3N8O10.ClH/c1-31-47(61-64(39-13-12-35(55)26-37(39)56)48(31)32-7-10-34(54)11-8-32)51(70)59-36-16-22-63(23-17-36)45(69)30-73-28-43(67)58-21-6-4-3-5-20-57-42(66)27-72-29-44(68)60-38-15-18-53(71)41-25-33-9-14-40(65)49-46(33)52(53,50(38)74-49)19-24-62(41)2;/h7-14,26,36,38,41,50,65,71H,3-6,15-25,27-30H2,1-2H3,(H,57,66)(H,58,67)(H,59,70)(H,60,68);1H/t38-,41+,50-,52-,53+;/m0./s1. The Hall–Kier alpha value is -5.18. The lowest BCUT2D eigenvalue weighted by Gasteiger charge is -2.63. The third kappa shape index (κ3) is 11.6. The normalized spacial score (nSPS) is 22.6. The van der Waals surface area contributed by atoms with Crippen LogP contribution in [-0.2, 0) is 40.5 Å². The van der Waals surface area contributed by atoms with E-state index in [1.165, 1.54) is 0 Å². The molecule has 404 valence electrons. The second-order valence-electron chi connectivity index (χ2n) is 20.1. The minimum Gasteiger partial charge on any atom is -0.504 e. The molecule has 3 aromatic carbocycles. The third-order valence-corrected chi connectivity index (χ3v) is 16.3. The van der Waals surface area contributed by atoms with Crippen molar-refractivity contribution in [2.45, 2.75) is 106 Å². The quantitative estimate of drug-likeness (QED) is 0.0608. The predicted molar refractivity (Wildman–Crippen MR) is 284 cm³/mol. The average Bonchev–Trinajstić information content (AvgIpc) is 4.05. The van der Waals surface area contributed by atoms with Crippen molar-refractivity contribution in [3.8, 4) is 28.4 Å². The third-order valence-electron chi connectivity index (χ3n) is 15.5. The Morgan fingerprint density at radius 3 is 2.13 bits per heavy atom. The number of halogens is 4. The number of likely N-dealkylation sites (N-methyl/N-ethyl adjacent to an activating group) is 1. The Kier molecular flexibility index (Phi) is 17.9. The first-order chi connectivity index (χ1) is 35.6. The van der Waals surface area contributed by atoms with Gasteiger partial charge >= 0.3 is 0 Å². The minimum absolute atomic E-state index is 0. The lowest BCUT2D eigenvalue weighted by Crippen LogP contribution is -2.77. The van der Waals surface area contributed by atoms with E-state index >= 15 is 0 Å². The summed E-state index contributed by atoms with van der Waals surface area (Å²) in [5.74, 6) is -1.18. The Bertz CT molecular complexity index is 2780. The van der Waals surface area contributed by atoms with Crippen molar-refractivity contribution in [3.05, 3.63) is 92.0 Å². The number of phenolic OH excluding ortho intramolecular Hbond substituents is 1. The summed E-state index contributed by atoms with van der Waals surface area (Å²) in [5.41, 5.74) is 3.06. The highest BCUT2D eigenvalue weighted by atomic mass is 35.5. The van der Waals surface area contributed by atoms with Crippen LogP contribution in [0.3, 0.4) is 0 Å². The van der Waals surface area contributed by atoms with Crippen molar-refractivity contribution in [1.82, 2.24) is 40.8 Å². The fourth-order valence-corrected chi connectivity index (χ4v) is 12.5. The van der Waals surface area contributed by atoms with Crippen LogP contribution in [0.5, 0.6) is 11.5 Å². The van der Waals surface area contributed by atoms with E-state index in [4.69, 9.17) is 54.1 Å². The number of rotatable bonds is 20. The zero-order chi connectivity index (χ0) is 52.3. The van der Waals surface area contributed by atoms with Crippen LogP contribution in [-0.4, -0.2) is 155 Å². The summed E-state index contributed by atoms with van der Waals surface area (Å²) in [6.07, 6.45) is 5.87. The van der Waals surface area contributed by atoms with Crippen molar-refractivity contribution < 1.29 is 48.4 Å². The number of likely N-dealkylation sites (tertiary alicyclic amines) is 2. The number of nitrogens with one attached hydrogen (secondary N) is 4. The second kappa shape index (κ2) is 24.0. The van der Waals surface area contributed by atoms with Crippen LogP contribution < -0.4 is 26.0 Å². The highest BCUT2D eigenvalue weighted by Crippen LogP contribution is 2.65. The van der Waals surface area contributed by atoms with E-state index in [0.29, 0.717) is 102 Å². The highest BCUT2D eigenvalue weighted by molar-refractivity contribution is 6.35. The molecule has 4 heterocycles. The van der Waals surface area contributed by atoms with E-state index in [1.54, 1.807) is 46.0 Å². The monoisotopic (exact) mass is 1110 g/mol. The maximum absolute atomic E-state index is 13.7. The number of hydrogen-bond acceptors (Lipinski definition) is 12. The molecule has 4 aromatic rings. The fourth-order valence-electron chi connectivity index (χ4n) is 11.9. The Morgan fingerprint density at radius 1 is 0.800 bits per heavy atom. The van der Waals surface area contributed by atoms with Crippen molar-refractivity contribution in [3.63, 3.8) is 0 Å². The molecular formula is C53H64Cl4N8O10. The largest absolute Gasteiger partial charge is 0.504 e. The van der Waals surface area contributed by atoms with Crippen LogP contribution in [0.2, 0.25) is 15.1 Å². The summed E-state index contributed by atoms with van der Waals surface area (Å²) in [6.45, 7) is 3.21. The van der Waals surface area contributed by atoms with Gasteiger partial charge in [0.25, 0.3) is 5.91 Å². The second-order valence-corrected chi connectivity index (χ2v) is 21.4. The van der Waals surface area contributed by atoms with Gasteiger partial charge in [0.2, 0.25) is 23.6 Å². The number of hydrogen-bond donors (Lipinski definition) is 6. The van der Waals surface area contributed by atoms with Gasteiger partial charge < -0.3 is 55.5 Å². The van der Waals surface area contributed by atoms with Gasteiger partial charge in [-0.1, -0.05) is 65.8 Å². The number of nitrogens with zero attached hydrogens (tertiary/aromatic N) is 4. The summed E-state index contributed by atoms with van der Waals surface area (Å²) in [7, 11) is 2.03. The van der Waals surface area contributed by atoms with Crippen molar-refractivity contribution in [2.75, 3.05) is 66.2 Å². The summed E-state index contributed by atoms with van der Waals surface area (Å²) < 4.78 is 19.0. The number of aromatic nitrogens is 2. The molecule has 3 aliphatic heterocycles. The van der Waals surface area contributed by atoms with Crippen molar-refractivity contribution in [1.29, 1.82) is 0 Å². The molecule has 1 spiro atoms. The maximum Gasteiger partial charge on any atom is 0.272 e. The molecule has 5 atom stereocenters. The van der Waals surface area contributed by atoms with E-state index in [0.717, 1.165) is 48.9 Å². The first-order valence-electron chi connectivity index (χ1n) is 25.4. The average molecular weight is 1110 g/mol. The lowest BCUT2D eigenvalue weighted by atomic mass is 9.48. The number of aromatic hydroxyl groups is 1. The molecule has 2 bridgehead atoms. The van der Waals surface area contributed by atoms with E-state index in [-0.39, 0.29) is 91.9 Å². The number of carbonyl (C=O) groups excluding carboxylic acids is 5. The smallest absolute Gasteiger partial charge is 0.272 e. The molecule has 0 radical (unpaired) electrons. The molecule has 0 unspecified atom stereocenters. The summed E-state index contributed by atoms with van der Waals surface area (Å²) in [4.78, 5) is 68.4. The predicted octanol–water partition coefficient (Wildman–Crippen LogP) is 5.45. The van der Waals surface area contributed by atoms with Gasteiger partial charge in [0.15, 0.2) is 17.2 Å². The number of carbonyl (C=O) groups is 5. The van der Waals surface area contributed by atoms with E-state index in [1.807, 2.05) is 32.2 Å². The molecule has 9 rings (SSSR count). The number of unbranched alkanes of at least 4 members (excludes halogenated alkanes) is 3. The number of aliphatic hydroxyl groups is 1. The van der Waals surface area contributed by atoms with Gasteiger partial charge in [-0.05, 0) is 114 Å². The zero-order valence-corrected chi connectivity index (χ0v) is 45.0. The lowest BCUT2D eigenvalue weighted by molar-refractivity contribution is -0.187. The van der Waals surface area contributed by atoms with Gasteiger partial charge in [0, 0.05) is 65.0 Å². The molecule has 5 amide bonds. The summed E-state index contributed by atoms with van der Waals surface area (Å²) in [6, 6.07) is 15.2. The van der Waals surface area contributed by atoms with E-state index in [2.05, 4.69) is 26.2 Å². The summed E-state index contributed by atoms with van der Waals surface area (Å²) >= 11 is 18.9. The number of benzene rings is 3. The molecule has 22 heteroatoms. The summed E-state index contributed by atoms with van der Waals surface area (Å²) in [5, 5.41) is 41.0. The van der Waals surface area contributed by atoms with Gasteiger partial charge in [0.05, 0.1) is 33.5 Å². The molecule has 1 aromatic heterocycles. The van der Waals surface area contributed by atoms with E-state index < -0.39 is 23.2 Å². The Labute approximate surface area is 456 Å². The Balaban J connectivity index is 0.00000747. The molecule has 3 fully saturated rings. The van der Waals surface area contributed by atoms with Gasteiger partial charge in [-0.25, -0.2) is 4.68 Å². The molecule has 6 N–H and O–H groups in total. The van der Waals surface area contributed by atoms with Gasteiger partial charge in [0.1, 0.15) is 32.5 Å². The van der Waals surface area contributed by atoms with Gasteiger partial charge in [-0.15, -0.1) is 12.4 Å². The van der Waals surface area contributed by atoms with Crippen LogP contribution in [0.25, 0.3) is 16.9 Å².